The molecule has 0 saturated carbocycles. The lowest BCUT2D eigenvalue weighted by atomic mass is 9.99. The monoisotopic (exact) mass is 223 g/mol. The van der Waals surface area contributed by atoms with Gasteiger partial charge < -0.3 is 0 Å². The molecule has 2 nitrogen and oxygen atoms in total. The molecule has 0 radical (unpaired) electrons. The Balaban J connectivity index is 2.14. The van der Waals surface area contributed by atoms with Crippen molar-refractivity contribution >= 4 is 16.6 Å². The Hall–Kier alpha value is -1.96. The highest BCUT2D eigenvalue weighted by molar-refractivity contribution is 6.16. The first kappa shape index (κ1) is 10.2. The van der Waals surface area contributed by atoms with Crippen LogP contribution < -0.4 is 0 Å². The highest BCUT2D eigenvalue weighted by atomic mass is 16.1. The molecule has 3 rings (SSSR count). The van der Waals surface area contributed by atoms with Gasteiger partial charge in [-0.05, 0) is 30.2 Å². The molecular weight excluding hydrogens is 210 g/mol. The third-order valence-corrected chi connectivity index (χ3v) is 3.25. The minimum atomic E-state index is 0.145. The Bertz CT molecular complexity index is 608. The maximum atomic E-state index is 12.4. The lowest BCUT2D eigenvalue weighted by molar-refractivity contribution is 0.103. The van der Waals surface area contributed by atoms with E-state index in [1.807, 2.05) is 24.3 Å². The summed E-state index contributed by atoms with van der Waals surface area (Å²) in [6, 6.07) is 7.90. The van der Waals surface area contributed by atoms with Crippen LogP contribution in [0.3, 0.4) is 0 Å². The summed E-state index contributed by atoms with van der Waals surface area (Å²) >= 11 is 0. The van der Waals surface area contributed by atoms with Crippen molar-refractivity contribution in [2.24, 2.45) is 0 Å². The number of aromatic nitrogens is 1. The van der Waals surface area contributed by atoms with Crippen molar-refractivity contribution in [1.29, 1.82) is 0 Å². The summed E-state index contributed by atoms with van der Waals surface area (Å²) < 4.78 is 0. The molecule has 1 aliphatic carbocycles. The average Bonchev–Trinajstić information content (AvgIpc) is 2.91. The second-order valence-electron chi connectivity index (χ2n) is 4.36. The summed E-state index contributed by atoms with van der Waals surface area (Å²) in [4.78, 5) is 16.5. The number of hydrogen-bond acceptors (Lipinski definition) is 2. The van der Waals surface area contributed by atoms with Crippen LogP contribution in [-0.4, -0.2) is 10.8 Å². The number of pyridine rings is 1. The molecule has 2 heteroatoms. The number of ketones is 1. The summed E-state index contributed by atoms with van der Waals surface area (Å²) in [5, 5.41) is 2.03. The van der Waals surface area contributed by atoms with Crippen molar-refractivity contribution in [3.63, 3.8) is 0 Å². The number of allylic oxidation sites excluding steroid dienone is 2. The standard InChI is InChI=1S/C15H13NO/c17-15(11-5-1-2-6-11)14-10-16-9-12-7-3-4-8-13(12)14/h3-5,7-10H,1-2,6H2. The Morgan fingerprint density at radius 2 is 2.06 bits per heavy atom. The van der Waals surface area contributed by atoms with E-state index in [9.17, 15) is 4.79 Å². The smallest absolute Gasteiger partial charge is 0.190 e. The van der Waals surface area contributed by atoms with Crippen molar-refractivity contribution in [1.82, 2.24) is 4.98 Å². The molecule has 2 aromatic rings. The highest BCUT2D eigenvalue weighted by Crippen LogP contribution is 2.25. The van der Waals surface area contributed by atoms with Crippen LogP contribution in [0.15, 0.2) is 48.3 Å². The zero-order valence-corrected chi connectivity index (χ0v) is 9.52. The molecule has 0 saturated heterocycles. The summed E-state index contributed by atoms with van der Waals surface area (Å²) in [7, 11) is 0. The second kappa shape index (κ2) is 4.13. The van der Waals surface area contributed by atoms with Gasteiger partial charge in [-0.3, -0.25) is 9.78 Å². The van der Waals surface area contributed by atoms with Crippen molar-refractivity contribution in [2.75, 3.05) is 0 Å². The SMILES string of the molecule is O=C(C1=CCCC1)c1cncc2ccccc12. The Morgan fingerprint density at radius 1 is 1.18 bits per heavy atom. The van der Waals surface area contributed by atoms with Crippen molar-refractivity contribution < 1.29 is 4.79 Å². The Morgan fingerprint density at radius 3 is 2.88 bits per heavy atom. The number of rotatable bonds is 2. The predicted octanol–water partition coefficient (Wildman–Crippen LogP) is 3.53. The molecule has 0 bridgehead atoms. The van der Waals surface area contributed by atoms with Gasteiger partial charge in [0.15, 0.2) is 5.78 Å². The van der Waals surface area contributed by atoms with Gasteiger partial charge in [0, 0.05) is 23.3 Å². The zero-order chi connectivity index (χ0) is 11.7. The van der Waals surface area contributed by atoms with Crippen LogP contribution in [0.1, 0.15) is 29.6 Å². The first-order valence-corrected chi connectivity index (χ1v) is 5.93. The summed E-state index contributed by atoms with van der Waals surface area (Å²) in [6.07, 6.45) is 8.57. The largest absolute Gasteiger partial charge is 0.289 e. The fourth-order valence-corrected chi connectivity index (χ4v) is 2.35. The van der Waals surface area contributed by atoms with Gasteiger partial charge in [-0.15, -0.1) is 0 Å². The summed E-state index contributed by atoms with van der Waals surface area (Å²) in [5.74, 6) is 0.145. The van der Waals surface area contributed by atoms with Crippen LogP contribution >= 0.6 is 0 Å². The number of benzene rings is 1. The molecule has 0 fully saturated rings. The zero-order valence-electron chi connectivity index (χ0n) is 9.52. The second-order valence-corrected chi connectivity index (χ2v) is 4.36. The van der Waals surface area contributed by atoms with E-state index in [-0.39, 0.29) is 5.78 Å². The van der Waals surface area contributed by atoms with Gasteiger partial charge in [0.25, 0.3) is 0 Å². The van der Waals surface area contributed by atoms with Crippen LogP contribution in [0, 0.1) is 0 Å². The molecule has 0 spiro atoms. The van der Waals surface area contributed by atoms with E-state index in [4.69, 9.17) is 0 Å². The molecule has 84 valence electrons. The third-order valence-electron chi connectivity index (χ3n) is 3.25. The fraction of sp³-hybridized carbons (Fsp3) is 0.200. The van der Waals surface area contributed by atoms with E-state index < -0.39 is 0 Å². The van der Waals surface area contributed by atoms with Crippen LogP contribution in [0.2, 0.25) is 0 Å². The van der Waals surface area contributed by atoms with Crippen molar-refractivity contribution in [3.8, 4) is 0 Å². The molecule has 1 aliphatic rings. The number of fused-ring (bicyclic) bond motifs is 1. The topological polar surface area (TPSA) is 30.0 Å². The van der Waals surface area contributed by atoms with E-state index in [1.54, 1.807) is 12.4 Å². The molecule has 0 unspecified atom stereocenters. The first-order valence-electron chi connectivity index (χ1n) is 5.93. The van der Waals surface area contributed by atoms with Crippen LogP contribution in [0.5, 0.6) is 0 Å². The van der Waals surface area contributed by atoms with E-state index in [0.29, 0.717) is 0 Å². The minimum absolute atomic E-state index is 0.145. The normalized spacial score (nSPS) is 14.9. The van der Waals surface area contributed by atoms with Gasteiger partial charge in [-0.25, -0.2) is 0 Å². The average molecular weight is 223 g/mol. The van der Waals surface area contributed by atoms with Gasteiger partial charge in [-0.2, -0.15) is 0 Å². The van der Waals surface area contributed by atoms with E-state index in [2.05, 4.69) is 11.1 Å². The first-order chi connectivity index (χ1) is 8.36. The predicted molar refractivity (Wildman–Crippen MR) is 68.0 cm³/mol. The molecule has 1 aromatic heterocycles. The highest BCUT2D eigenvalue weighted by Gasteiger charge is 2.17. The third kappa shape index (κ3) is 1.76. The maximum absolute atomic E-state index is 12.4. The molecule has 0 aliphatic heterocycles. The summed E-state index contributed by atoms with van der Waals surface area (Å²) in [5.41, 5.74) is 1.68. The Kier molecular flexibility index (Phi) is 2.48. The van der Waals surface area contributed by atoms with Gasteiger partial charge in [0.1, 0.15) is 0 Å². The lowest BCUT2D eigenvalue weighted by Crippen LogP contribution is -2.03. The Labute approximate surface area is 100.0 Å². The lowest BCUT2D eigenvalue weighted by Gasteiger charge is -2.05. The molecule has 0 atom stereocenters. The van der Waals surface area contributed by atoms with E-state index in [1.165, 1.54) is 0 Å². The fourth-order valence-electron chi connectivity index (χ4n) is 2.35. The van der Waals surface area contributed by atoms with Gasteiger partial charge in [0.05, 0.1) is 0 Å². The number of nitrogens with zero attached hydrogens (tertiary/aromatic N) is 1. The molecular formula is C15H13NO. The van der Waals surface area contributed by atoms with Gasteiger partial charge in [-0.1, -0.05) is 30.3 Å². The maximum Gasteiger partial charge on any atom is 0.190 e. The number of carbonyl (C=O) groups excluding carboxylic acids is 1. The van der Waals surface area contributed by atoms with Gasteiger partial charge in [0.2, 0.25) is 0 Å². The van der Waals surface area contributed by atoms with Crippen molar-refractivity contribution in [2.45, 2.75) is 19.3 Å². The van der Waals surface area contributed by atoms with Crippen LogP contribution in [0.4, 0.5) is 0 Å². The number of carbonyl (C=O) groups is 1. The molecule has 0 amide bonds. The molecule has 1 heterocycles. The van der Waals surface area contributed by atoms with Gasteiger partial charge >= 0.3 is 0 Å². The van der Waals surface area contributed by atoms with E-state index in [0.717, 1.165) is 41.2 Å². The number of hydrogen-bond donors (Lipinski definition) is 0. The molecule has 1 aromatic carbocycles. The quantitative estimate of drug-likeness (QED) is 0.729. The molecule has 17 heavy (non-hydrogen) atoms. The van der Waals surface area contributed by atoms with Crippen LogP contribution in [0.25, 0.3) is 10.8 Å². The van der Waals surface area contributed by atoms with Crippen LogP contribution in [-0.2, 0) is 0 Å². The summed E-state index contributed by atoms with van der Waals surface area (Å²) in [6.45, 7) is 0. The van der Waals surface area contributed by atoms with E-state index >= 15 is 0 Å². The van der Waals surface area contributed by atoms with Crippen molar-refractivity contribution in [3.05, 3.63) is 53.9 Å². The minimum Gasteiger partial charge on any atom is -0.289 e. The molecule has 0 N–H and O–H groups in total. The number of Topliss-reactive ketones (excluding diaryl/α,β-unsaturated/α-hetero) is 1.